The van der Waals surface area contributed by atoms with Crippen molar-refractivity contribution in [1.82, 2.24) is 14.7 Å². The summed E-state index contributed by atoms with van der Waals surface area (Å²) in [7, 11) is 2.24. The molecule has 2 saturated heterocycles. The lowest BCUT2D eigenvalue weighted by Crippen LogP contribution is -2.48. The van der Waals surface area contributed by atoms with Crippen molar-refractivity contribution < 1.29 is 0 Å². The maximum Gasteiger partial charge on any atom is 0.0233 e. The van der Waals surface area contributed by atoms with Gasteiger partial charge in [-0.25, -0.2) is 0 Å². The van der Waals surface area contributed by atoms with Gasteiger partial charge in [-0.05, 0) is 66.6 Å². The van der Waals surface area contributed by atoms with E-state index in [0.717, 1.165) is 18.9 Å². The summed E-state index contributed by atoms with van der Waals surface area (Å²) in [5.41, 5.74) is 7.39. The molecule has 1 unspecified atom stereocenters. The highest BCUT2D eigenvalue weighted by Crippen LogP contribution is 2.37. The molecule has 2 aromatic rings. The number of benzene rings is 2. The lowest BCUT2D eigenvalue weighted by molar-refractivity contribution is 0.0966. The normalized spacial score (nSPS) is 23.5. The van der Waals surface area contributed by atoms with Crippen molar-refractivity contribution >= 4 is 0 Å². The zero-order valence-electron chi connectivity index (χ0n) is 17.2. The highest BCUT2D eigenvalue weighted by Gasteiger charge is 2.24. The Morgan fingerprint density at radius 1 is 0.857 bits per heavy atom. The van der Waals surface area contributed by atoms with E-state index in [4.69, 9.17) is 0 Å². The average molecular weight is 376 g/mol. The molecule has 2 fully saturated rings. The number of likely N-dealkylation sites (tertiary alicyclic amines) is 1. The minimum atomic E-state index is 0.843. The third-order valence-corrected chi connectivity index (χ3v) is 6.98. The first-order valence-electron chi connectivity index (χ1n) is 11.1. The molecule has 0 bridgehead atoms. The molecule has 5 rings (SSSR count). The van der Waals surface area contributed by atoms with Gasteiger partial charge in [0, 0.05) is 45.8 Å². The molecule has 3 nitrogen and oxygen atoms in total. The van der Waals surface area contributed by atoms with Gasteiger partial charge in [-0.15, -0.1) is 0 Å². The van der Waals surface area contributed by atoms with Crippen LogP contribution in [0.4, 0.5) is 0 Å². The van der Waals surface area contributed by atoms with Gasteiger partial charge in [0.05, 0.1) is 0 Å². The quantitative estimate of drug-likeness (QED) is 0.688. The Bertz CT molecular complexity index is 822. The fraction of sp³-hybridized carbons (Fsp3) is 0.520. The Morgan fingerprint density at radius 3 is 2.57 bits per heavy atom. The summed E-state index contributed by atoms with van der Waals surface area (Å²) in [5, 5.41) is 0. The molecule has 0 N–H and O–H groups in total. The Hall–Kier alpha value is -1.68. The maximum absolute atomic E-state index is 2.70. The van der Waals surface area contributed by atoms with E-state index in [1.165, 1.54) is 86.5 Å². The molecule has 148 valence electrons. The maximum atomic E-state index is 2.70. The Labute approximate surface area is 169 Å². The predicted molar refractivity (Wildman–Crippen MR) is 117 cm³/mol. The Balaban J connectivity index is 1.20. The second-order valence-corrected chi connectivity index (χ2v) is 9.17. The molecule has 0 radical (unpaired) electrons. The van der Waals surface area contributed by atoms with Crippen LogP contribution in [0.25, 0.3) is 11.1 Å². The van der Waals surface area contributed by atoms with Crippen LogP contribution >= 0.6 is 0 Å². The number of rotatable bonds is 4. The van der Waals surface area contributed by atoms with Crippen LogP contribution in [0.5, 0.6) is 0 Å². The van der Waals surface area contributed by atoms with Crippen molar-refractivity contribution in [3.05, 3.63) is 59.2 Å². The average Bonchev–Trinajstić information content (AvgIpc) is 3.08. The number of piperidine rings is 1. The molecular formula is C25H33N3. The van der Waals surface area contributed by atoms with Crippen molar-refractivity contribution in [3.63, 3.8) is 0 Å². The third-order valence-electron chi connectivity index (χ3n) is 6.98. The molecule has 3 heteroatoms. The molecule has 0 spiro atoms. The molecule has 2 aromatic carbocycles. The van der Waals surface area contributed by atoms with Crippen molar-refractivity contribution in [2.24, 2.45) is 5.92 Å². The van der Waals surface area contributed by atoms with Gasteiger partial charge in [0.15, 0.2) is 0 Å². The van der Waals surface area contributed by atoms with Gasteiger partial charge >= 0.3 is 0 Å². The van der Waals surface area contributed by atoms with E-state index in [2.05, 4.69) is 64.2 Å². The molecular weight excluding hydrogens is 342 g/mol. The largest absolute Gasteiger partial charge is 0.304 e. The number of hydrogen-bond acceptors (Lipinski definition) is 3. The van der Waals surface area contributed by atoms with Crippen LogP contribution in [0.3, 0.4) is 0 Å². The van der Waals surface area contributed by atoms with E-state index < -0.39 is 0 Å². The summed E-state index contributed by atoms with van der Waals surface area (Å²) in [6, 6.07) is 16.1. The molecule has 2 heterocycles. The van der Waals surface area contributed by atoms with E-state index in [1.807, 2.05) is 0 Å². The smallest absolute Gasteiger partial charge is 0.0233 e. The van der Waals surface area contributed by atoms with Gasteiger partial charge in [-0.2, -0.15) is 0 Å². The van der Waals surface area contributed by atoms with E-state index in [9.17, 15) is 0 Å². The van der Waals surface area contributed by atoms with Crippen molar-refractivity contribution in [2.75, 3.05) is 52.9 Å². The fourth-order valence-electron chi connectivity index (χ4n) is 5.39. The Kier molecular flexibility index (Phi) is 5.23. The summed E-state index contributed by atoms with van der Waals surface area (Å²) >= 11 is 0. The summed E-state index contributed by atoms with van der Waals surface area (Å²) in [5.74, 6) is 0.843. The van der Waals surface area contributed by atoms with E-state index in [-0.39, 0.29) is 0 Å². The van der Waals surface area contributed by atoms with Gasteiger partial charge in [-0.1, -0.05) is 42.5 Å². The molecule has 1 atom stereocenters. The topological polar surface area (TPSA) is 9.72 Å². The summed E-state index contributed by atoms with van der Waals surface area (Å²) in [6.07, 6.45) is 3.86. The van der Waals surface area contributed by atoms with Gasteiger partial charge in [0.25, 0.3) is 0 Å². The lowest BCUT2D eigenvalue weighted by Gasteiger charge is -2.38. The van der Waals surface area contributed by atoms with Crippen LogP contribution in [0.15, 0.2) is 42.5 Å². The SMILES string of the molecule is CN1CCN(CC2CCCN(Cc3ccc4c(c3)Cc3ccccc3-4)C2)CC1. The standard InChI is InChI=1S/C25H33N3/c1-26-11-13-27(14-12-26)18-21-5-4-10-28(19-21)17-20-8-9-25-23(15-20)16-22-6-2-3-7-24(22)25/h2-3,6-9,15,21H,4-5,10-14,16-19H2,1H3. The zero-order chi connectivity index (χ0) is 18.9. The van der Waals surface area contributed by atoms with E-state index in [1.54, 1.807) is 0 Å². The van der Waals surface area contributed by atoms with Crippen molar-refractivity contribution in [1.29, 1.82) is 0 Å². The summed E-state index contributed by atoms with van der Waals surface area (Å²) in [4.78, 5) is 7.85. The molecule has 28 heavy (non-hydrogen) atoms. The minimum absolute atomic E-state index is 0.843. The zero-order valence-corrected chi connectivity index (χ0v) is 17.2. The first-order chi connectivity index (χ1) is 13.7. The van der Waals surface area contributed by atoms with Gasteiger partial charge in [-0.3, -0.25) is 4.90 Å². The third kappa shape index (κ3) is 3.89. The Morgan fingerprint density at radius 2 is 1.68 bits per heavy atom. The van der Waals surface area contributed by atoms with Gasteiger partial charge < -0.3 is 9.80 Å². The van der Waals surface area contributed by atoms with Crippen molar-refractivity contribution in [3.8, 4) is 11.1 Å². The van der Waals surface area contributed by atoms with Crippen LogP contribution in [-0.2, 0) is 13.0 Å². The first-order valence-corrected chi connectivity index (χ1v) is 11.1. The minimum Gasteiger partial charge on any atom is -0.304 e. The second-order valence-electron chi connectivity index (χ2n) is 9.17. The van der Waals surface area contributed by atoms with Crippen LogP contribution in [0.1, 0.15) is 29.5 Å². The molecule has 1 aliphatic carbocycles. The van der Waals surface area contributed by atoms with Crippen LogP contribution in [-0.4, -0.2) is 67.6 Å². The van der Waals surface area contributed by atoms with Crippen LogP contribution < -0.4 is 0 Å². The predicted octanol–water partition coefficient (Wildman–Crippen LogP) is 3.72. The van der Waals surface area contributed by atoms with Crippen LogP contribution in [0, 0.1) is 5.92 Å². The molecule has 0 saturated carbocycles. The summed E-state index contributed by atoms with van der Waals surface area (Å²) in [6.45, 7) is 9.89. The number of piperazine rings is 1. The number of nitrogens with zero attached hydrogens (tertiary/aromatic N) is 3. The first kappa shape index (κ1) is 18.4. The molecule has 0 amide bonds. The van der Waals surface area contributed by atoms with Crippen molar-refractivity contribution in [2.45, 2.75) is 25.8 Å². The highest BCUT2D eigenvalue weighted by molar-refractivity contribution is 5.76. The fourth-order valence-corrected chi connectivity index (χ4v) is 5.39. The number of likely N-dealkylation sites (N-methyl/N-ethyl adjacent to an activating group) is 1. The lowest BCUT2D eigenvalue weighted by atomic mass is 9.96. The molecule has 3 aliphatic rings. The monoisotopic (exact) mass is 375 g/mol. The molecule has 2 aliphatic heterocycles. The van der Waals surface area contributed by atoms with Gasteiger partial charge in [0.2, 0.25) is 0 Å². The second kappa shape index (κ2) is 7.98. The number of fused-ring (bicyclic) bond motifs is 3. The number of hydrogen-bond donors (Lipinski definition) is 0. The highest BCUT2D eigenvalue weighted by atomic mass is 15.2. The molecule has 0 aromatic heterocycles. The van der Waals surface area contributed by atoms with Gasteiger partial charge in [0.1, 0.15) is 0 Å². The van der Waals surface area contributed by atoms with E-state index >= 15 is 0 Å². The summed E-state index contributed by atoms with van der Waals surface area (Å²) < 4.78 is 0. The van der Waals surface area contributed by atoms with E-state index in [0.29, 0.717) is 0 Å². The van der Waals surface area contributed by atoms with Crippen LogP contribution in [0.2, 0.25) is 0 Å².